The predicted octanol–water partition coefficient (Wildman–Crippen LogP) is 5.53. The standard InChI is InChI=1S/C8H11NO.C8H10O2.C2H6.H2/c1-6-4-3-5-7(2)8(6)9-10;1-6-4-3-5-7(2)8(6)10-9;1-2;/h3-5,9-10H,1-2H3;3-5,9H,1-2H3;1-2H3;1H. The Kier molecular flexibility index (Phi) is 9.67. The summed E-state index contributed by atoms with van der Waals surface area (Å²) in [7, 11) is 0. The summed E-state index contributed by atoms with van der Waals surface area (Å²) in [5.74, 6) is 0.558. The highest BCUT2D eigenvalue weighted by atomic mass is 17.1. The molecule has 0 unspecified atom stereocenters. The van der Waals surface area contributed by atoms with E-state index in [4.69, 9.17) is 10.5 Å². The van der Waals surface area contributed by atoms with Gasteiger partial charge in [0, 0.05) is 1.43 Å². The van der Waals surface area contributed by atoms with Crippen LogP contribution in [0.15, 0.2) is 36.4 Å². The zero-order valence-corrected chi connectivity index (χ0v) is 14.3. The average Bonchev–Trinajstić information content (AvgIpc) is 2.50. The number of para-hydroxylation sites is 2. The maximum Gasteiger partial charge on any atom is 0.170 e. The van der Waals surface area contributed by atoms with Crippen molar-refractivity contribution in [3.8, 4) is 5.75 Å². The van der Waals surface area contributed by atoms with Gasteiger partial charge >= 0.3 is 0 Å². The Hall–Kier alpha value is -2.04. The Morgan fingerprint density at radius 2 is 1.18 bits per heavy atom. The van der Waals surface area contributed by atoms with E-state index in [9.17, 15) is 0 Å². The van der Waals surface area contributed by atoms with Crippen molar-refractivity contribution in [1.82, 2.24) is 0 Å². The fourth-order valence-corrected chi connectivity index (χ4v) is 1.93. The zero-order valence-electron chi connectivity index (χ0n) is 14.3. The van der Waals surface area contributed by atoms with Crippen molar-refractivity contribution in [2.24, 2.45) is 0 Å². The molecule has 0 fully saturated rings. The number of anilines is 1. The molecular weight excluding hydrogens is 278 g/mol. The van der Waals surface area contributed by atoms with E-state index in [-0.39, 0.29) is 1.43 Å². The smallest absolute Gasteiger partial charge is 0.170 e. The van der Waals surface area contributed by atoms with Crippen molar-refractivity contribution in [1.29, 1.82) is 0 Å². The van der Waals surface area contributed by atoms with Gasteiger partial charge < -0.3 is 4.89 Å². The van der Waals surface area contributed by atoms with E-state index in [1.807, 2.05) is 77.9 Å². The third-order valence-electron chi connectivity index (χ3n) is 3.09. The van der Waals surface area contributed by atoms with E-state index in [2.05, 4.69) is 10.4 Å². The van der Waals surface area contributed by atoms with Crippen LogP contribution >= 0.6 is 0 Å². The fraction of sp³-hybridized carbons (Fsp3) is 0.333. The molecule has 124 valence electrons. The van der Waals surface area contributed by atoms with Gasteiger partial charge in [0.2, 0.25) is 0 Å². The molecule has 0 saturated heterocycles. The van der Waals surface area contributed by atoms with E-state index < -0.39 is 0 Å². The first-order valence-corrected chi connectivity index (χ1v) is 7.35. The quantitative estimate of drug-likeness (QED) is 0.504. The lowest BCUT2D eigenvalue weighted by Gasteiger charge is -2.05. The highest BCUT2D eigenvalue weighted by molar-refractivity contribution is 5.54. The molecule has 4 nitrogen and oxygen atoms in total. The summed E-state index contributed by atoms with van der Waals surface area (Å²) in [6.45, 7) is 11.7. The van der Waals surface area contributed by atoms with E-state index >= 15 is 0 Å². The molecule has 0 spiro atoms. The van der Waals surface area contributed by atoms with Crippen LogP contribution in [0.4, 0.5) is 5.69 Å². The Morgan fingerprint density at radius 3 is 1.41 bits per heavy atom. The predicted molar refractivity (Wildman–Crippen MR) is 94.0 cm³/mol. The van der Waals surface area contributed by atoms with Crippen LogP contribution < -0.4 is 10.4 Å². The second-order valence-corrected chi connectivity index (χ2v) is 4.69. The first-order valence-electron chi connectivity index (χ1n) is 7.35. The molecular formula is C18H29NO3. The lowest BCUT2D eigenvalue weighted by molar-refractivity contribution is -0.138. The van der Waals surface area contributed by atoms with Gasteiger partial charge in [-0.3, -0.25) is 10.7 Å². The van der Waals surface area contributed by atoms with Gasteiger partial charge in [0.1, 0.15) is 0 Å². The second kappa shape index (κ2) is 10.7. The molecule has 0 radical (unpaired) electrons. The van der Waals surface area contributed by atoms with Crippen molar-refractivity contribution >= 4 is 5.69 Å². The molecule has 2 aromatic rings. The molecule has 0 aliphatic heterocycles. The van der Waals surface area contributed by atoms with Gasteiger partial charge in [-0.25, -0.2) is 5.26 Å². The maximum atomic E-state index is 8.65. The summed E-state index contributed by atoms with van der Waals surface area (Å²) in [5, 5.41) is 17.0. The van der Waals surface area contributed by atoms with Gasteiger partial charge in [-0.1, -0.05) is 50.2 Å². The number of rotatable bonds is 2. The maximum absolute atomic E-state index is 8.65. The number of hydrogen-bond donors (Lipinski definition) is 3. The monoisotopic (exact) mass is 307 g/mol. The van der Waals surface area contributed by atoms with Crippen LogP contribution in [0.25, 0.3) is 0 Å². The number of aryl methyl sites for hydroxylation is 4. The number of benzene rings is 2. The molecule has 4 heteroatoms. The van der Waals surface area contributed by atoms with Crippen molar-refractivity contribution in [3.63, 3.8) is 0 Å². The Labute approximate surface area is 134 Å². The zero-order chi connectivity index (χ0) is 17.1. The van der Waals surface area contributed by atoms with Gasteiger partial charge in [0.25, 0.3) is 0 Å². The van der Waals surface area contributed by atoms with Gasteiger partial charge in [-0.2, -0.15) is 0 Å². The summed E-state index contributed by atoms with van der Waals surface area (Å²) in [6.07, 6.45) is 0. The summed E-state index contributed by atoms with van der Waals surface area (Å²) >= 11 is 0. The second-order valence-electron chi connectivity index (χ2n) is 4.69. The number of nitrogens with one attached hydrogen (secondary N) is 1. The van der Waals surface area contributed by atoms with Crippen LogP contribution in [0.3, 0.4) is 0 Å². The summed E-state index contributed by atoms with van der Waals surface area (Å²) in [4.78, 5) is 4.18. The summed E-state index contributed by atoms with van der Waals surface area (Å²) < 4.78 is 0. The third kappa shape index (κ3) is 5.76. The fourth-order valence-electron chi connectivity index (χ4n) is 1.93. The Morgan fingerprint density at radius 1 is 0.818 bits per heavy atom. The molecule has 0 atom stereocenters. The van der Waals surface area contributed by atoms with Crippen LogP contribution in [0.1, 0.15) is 37.5 Å². The minimum atomic E-state index is 0. The van der Waals surface area contributed by atoms with E-state index in [0.717, 1.165) is 27.9 Å². The topological polar surface area (TPSA) is 61.7 Å². The average molecular weight is 307 g/mol. The molecule has 0 aliphatic carbocycles. The molecule has 0 aromatic heterocycles. The lowest BCUT2D eigenvalue weighted by atomic mass is 10.1. The largest absolute Gasteiger partial charge is 0.340 e. The molecule has 3 N–H and O–H groups in total. The first-order chi connectivity index (χ1) is 10.5. The van der Waals surface area contributed by atoms with Crippen molar-refractivity contribution in [2.75, 3.05) is 5.48 Å². The summed E-state index contributed by atoms with van der Waals surface area (Å²) in [6, 6.07) is 11.6. The number of hydrogen-bond acceptors (Lipinski definition) is 4. The molecule has 0 amide bonds. The molecule has 2 aromatic carbocycles. The van der Waals surface area contributed by atoms with Crippen LogP contribution in [-0.4, -0.2) is 10.5 Å². The summed E-state index contributed by atoms with van der Waals surface area (Å²) in [5.41, 5.74) is 6.98. The Bertz CT molecular complexity index is 482. The van der Waals surface area contributed by atoms with Crippen LogP contribution in [0.2, 0.25) is 0 Å². The van der Waals surface area contributed by atoms with Crippen LogP contribution in [0.5, 0.6) is 5.75 Å². The molecule has 0 heterocycles. The van der Waals surface area contributed by atoms with Crippen molar-refractivity contribution < 1.29 is 16.8 Å². The molecule has 2 rings (SSSR count). The van der Waals surface area contributed by atoms with Crippen molar-refractivity contribution in [2.45, 2.75) is 41.5 Å². The first kappa shape index (κ1) is 20.0. The third-order valence-corrected chi connectivity index (χ3v) is 3.09. The molecule has 0 bridgehead atoms. The SMILES string of the molecule is CC.Cc1cccc(C)c1NO.Cc1cccc(C)c1OO.[HH]. The van der Waals surface area contributed by atoms with Crippen molar-refractivity contribution in [3.05, 3.63) is 58.7 Å². The van der Waals surface area contributed by atoms with Gasteiger partial charge in [0.05, 0.1) is 5.69 Å². The molecule has 0 saturated carbocycles. The normalized spacial score (nSPS) is 8.91. The van der Waals surface area contributed by atoms with Crippen LogP contribution in [0, 0.1) is 27.7 Å². The van der Waals surface area contributed by atoms with Crippen LogP contribution in [-0.2, 0) is 0 Å². The van der Waals surface area contributed by atoms with E-state index in [0.29, 0.717) is 5.75 Å². The molecule has 22 heavy (non-hydrogen) atoms. The highest BCUT2D eigenvalue weighted by Crippen LogP contribution is 2.21. The van der Waals surface area contributed by atoms with E-state index in [1.54, 1.807) is 0 Å². The van der Waals surface area contributed by atoms with Gasteiger partial charge in [-0.15, -0.1) is 0 Å². The van der Waals surface area contributed by atoms with Gasteiger partial charge in [0.15, 0.2) is 5.75 Å². The highest BCUT2D eigenvalue weighted by Gasteiger charge is 2.00. The Balaban J connectivity index is 0. The van der Waals surface area contributed by atoms with E-state index in [1.165, 1.54) is 0 Å². The lowest BCUT2D eigenvalue weighted by Crippen LogP contribution is -1.94. The van der Waals surface area contributed by atoms with Gasteiger partial charge in [-0.05, 0) is 49.9 Å². The minimum absolute atomic E-state index is 0. The molecule has 0 aliphatic rings. The minimum Gasteiger partial charge on any atom is -0.340 e.